The van der Waals surface area contributed by atoms with Crippen molar-refractivity contribution < 1.29 is 50.8 Å². The summed E-state index contributed by atoms with van der Waals surface area (Å²) >= 11 is 4.01. The van der Waals surface area contributed by atoms with E-state index in [0.29, 0.717) is 11.3 Å². The summed E-state index contributed by atoms with van der Waals surface area (Å²) in [6, 6.07) is 6.42. The average Bonchev–Trinajstić information content (AvgIpc) is 2.42. The van der Waals surface area contributed by atoms with E-state index in [4.69, 9.17) is 5.11 Å². The number of phenols is 1. The molecule has 0 saturated heterocycles. The van der Waals surface area contributed by atoms with Gasteiger partial charge in [0.15, 0.2) is 0 Å². The van der Waals surface area contributed by atoms with E-state index in [1.54, 1.807) is 25.1 Å². The summed E-state index contributed by atoms with van der Waals surface area (Å²) in [4.78, 5) is 22.7. The molecular weight excluding hydrogens is 303 g/mol. The summed E-state index contributed by atoms with van der Waals surface area (Å²) in [6.07, 6.45) is 1.25. The number of hydrazone groups is 1. The number of phenolic OH excluding ortho intramolecular Hbond substituents is 1. The Hall–Kier alpha value is -1.02. The van der Waals surface area contributed by atoms with Gasteiger partial charge in [-0.3, -0.25) is 9.59 Å². The van der Waals surface area contributed by atoms with Gasteiger partial charge in [0.2, 0.25) is 5.91 Å². The van der Waals surface area contributed by atoms with Gasteiger partial charge < -0.3 is 11.6 Å². The minimum Gasteiger partial charge on any atom is -1.00 e. The largest absolute Gasteiger partial charge is 1.00 e. The smallest absolute Gasteiger partial charge is 1.00 e. The SMILES string of the molecule is CC(CS)C(=O)N(CC(=O)O)N=Cc1ccccc1O.[H-].[Na+]. The maximum absolute atomic E-state index is 12.0. The van der Waals surface area contributed by atoms with Crippen LogP contribution in [0.1, 0.15) is 13.9 Å². The van der Waals surface area contributed by atoms with Crippen molar-refractivity contribution >= 4 is 30.7 Å². The van der Waals surface area contributed by atoms with Gasteiger partial charge in [0.25, 0.3) is 0 Å². The second-order valence-electron chi connectivity index (χ2n) is 4.18. The zero-order chi connectivity index (χ0) is 15.1. The van der Waals surface area contributed by atoms with E-state index in [9.17, 15) is 14.7 Å². The summed E-state index contributed by atoms with van der Waals surface area (Å²) in [5.41, 5.74) is 0.397. The van der Waals surface area contributed by atoms with Crippen LogP contribution >= 0.6 is 12.6 Å². The summed E-state index contributed by atoms with van der Waals surface area (Å²) in [5, 5.41) is 23.1. The molecule has 1 aromatic rings. The number of aliphatic carboxylic acids is 1. The van der Waals surface area contributed by atoms with Crippen molar-refractivity contribution in [3.63, 3.8) is 0 Å². The molecule has 0 aliphatic rings. The zero-order valence-corrected chi connectivity index (χ0v) is 14.8. The maximum atomic E-state index is 12.0. The molecule has 0 spiro atoms. The third-order valence-electron chi connectivity index (χ3n) is 2.51. The summed E-state index contributed by atoms with van der Waals surface area (Å²) in [5.74, 6) is -1.75. The van der Waals surface area contributed by atoms with Gasteiger partial charge in [0.1, 0.15) is 12.3 Å². The van der Waals surface area contributed by atoms with E-state index >= 15 is 0 Å². The quantitative estimate of drug-likeness (QED) is 0.253. The number of hydrogen-bond acceptors (Lipinski definition) is 5. The van der Waals surface area contributed by atoms with E-state index in [2.05, 4.69) is 17.7 Å². The van der Waals surface area contributed by atoms with Gasteiger partial charge >= 0.3 is 35.5 Å². The molecule has 8 heteroatoms. The number of rotatable bonds is 6. The predicted octanol–water partition coefficient (Wildman–Crippen LogP) is -1.68. The van der Waals surface area contributed by atoms with Crippen molar-refractivity contribution in [2.75, 3.05) is 12.3 Å². The van der Waals surface area contributed by atoms with Crippen molar-refractivity contribution in [2.24, 2.45) is 11.0 Å². The van der Waals surface area contributed by atoms with Crippen molar-refractivity contribution in [1.29, 1.82) is 0 Å². The Kier molecular flexibility index (Phi) is 9.36. The summed E-state index contributed by atoms with van der Waals surface area (Å²) in [7, 11) is 0. The van der Waals surface area contributed by atoms with Crippen LogP contribution in [0.15, 0.2) is 29.4 Å². The van der Waals surface area contributed by atoms with Crippen molar-refractivity contribution in [3.05, 3.63) is 29.8 Å². The molecule has 1 atom stereocenters. The Bertz CT molecular complexity index is 531. The Labute approximate surface area is 152 Å². The molecule has 1 amide bonds. The molecule has 0 saturated carbocycles. The first-order valence-electron chi connectivity index (χ1n) is 5.91. The van der Waals surface area contributed by atoms with Gasteiger partial charge in [-0.05, 0) is 12.1 Å². The maximum Gasteiger partial charge on any atom is 1.00 e. The molecule has 1 unspecified atom stereocenters. The van der Waals surface area contributed by atoms with Crippen LogP contribution in [0.2, 0.25) is 0 Å². The number of benzene rings is 1. The fourth-order valence-electron chi connectivity index (χ4n) is 1.36. The van der Waals surface area contributed by atoms with Crippen molar-refractivity contribution in [3.8, 4) is 5.75 Å². The predicted molar refractivity (Wildman–Crippen MR) is 79.2 cm³/mol. The number of carboxylic acid groups (broad SMARTS) is 1. The third-order valence-corrected chi connectivity index (χ3v) is 3.06. The van der Waals surface area contributed by atoms with Crippen molar-refractivity contribution in [2.45, 2.75) is 6.92 Å². The normalized spacial score (nSPS) is 11.7. The molecule has 2 N–H and O–H groups in total. The van der Waals surface area contributed by atoms with E-state index in [1.165, 1.54) is 12.3 Å². The first-order chi connectivity index (χ1) is 9.45. The second-order valence-corrected chi connectivity index (χ2v) is 4.54. The Morgan fingerprint density at radius 2 is 2.10 bits per heavy atom. The van der Waals surface area contributed by atoms with E-state index in [0.717, 1.165) is 5.01 Å². The van der Waals surface area contributed by atoms with Crippen LogP contribution in [-0.2, 0) is 9.59 Å². The fraction of sp³-hybridized carbons (Fsp3) is 0.308. The van der Waals surface area contributed by atoms with Gasteiger partial charge in [-0.25, -0.2) is 5.01 Å². The Balaban J connectivity index is 0. The second kappa shape index (κ2) is 9.83. The summed E-state index contributed by atoms with van der Waals surface area (Å²) < 4.78 is 0. The van der Waals surface area contributed by atoms with Crippen LogP contribution in [0.25, 0.3) is 0 Å². The number of amides is 1. The molecule has 0 fully saturated rings. The minimum atomic E-state index is -1.17. The number of hydrogen-bond donors (Lipinski definition) is 3. The van der Waals surface area contributed by atoms with E-state index in [-0.39, 0.29) is 36.7 Å². The van der Waals surface area contributed by atoms with Crippen LogP contribution in [0, 0.1) is 5.92 Å². The van der Waals surface area contributed by atoms with Gasteiger partial charge in [-0.1, -0.05) is 19.1 Å². The zero-order valence-electron chi connectivity index (χ0n) is 12.9. The van der Waals surface area contributed by atoms with E-state index < -0.39 is 24.3 Å². The number of aromatic hydroxyl groups is 1. The van der Waals surface area contributed by atoms with Crippen LogP contribution in [0.5, 0.6) is 5.75 Å². The fourth-order valence-corrected chi connectivity index (χ4v) is 1.52. The van der Waals surface area contributed by atoms with Crippen LogP contribution < -0.4 is 29.6 Å². The number of para-hydroxylation sites is 1. The number of carboxylic acids is 1. The number of carbonyl (C=O) groups is 2. The molecule has 110 valence electrons. The van der Waals surface area contributed by atoms with Gasteiger partial charge in [0, 0.05) is 17.2 Å². The number of thiol groups is 1. The third kappa shape index (κ3) is 6.52. The molecule has 0 radical (unpaired) electrons. The molecule has 0 bridgehead atoms. The number of carbonyl (C=O) groups excluding carboxylic acids is 1. The van der Waals surface area contributed by atoms with Gasteiger partial charge in [0.05, 0.1) is 6.21 Å². The molecule has 1 rings (SSSR count). The first-order valence-corrected chi connectivity index (χ1v) is 6.55. The first kappa shape index (κ1) is 20.0. The molecule has 0 aliphatic heterocycles. The monoisotopic (exact) mass is 320 g/mol. The molecule has 6 nitrogen and oxygen atoms in total. The molecular formula is C13H17N2NaO4S. The van der Waals surface area contributed by atoms with E-state index in [1.807, 2.05) is 0 Å². The molecule has 1 aromatic carbocycles. The molecule has 0 aliphatic carbocycles. The standard InChI is InChI=1S/C13H16N2O4S.Na.H/c1-9(8-20)13(19)15(7-12(17)18)14-6-10-4-2-3-5-11(10)16;;/h2-6,9,16,20H,7-8H2,1H3,(H,17,18);;/q;+1;-1. The van der Waals surface area contributed by atoms with Crippen molar-refractivity contribution in [1.82, 2.24) is 5.01 Å². The molecule has 21 heavy (non-hydrogen) atoms. The average molecular weight is 320 g/mol. The topological polar surface area (TPSA) is 90.2 Å². The van der Waals surface area contributed by atoms with Crippen LogP contribution in [0.3, 0.4) is 0 Å². The van der Waals surface area contributed by atoms with Gasteiger partial charge in [-0.15, -0.1) is 0 Å². The van der Waals surface area contributed by atoms with Gasteiger partial charge in [-0.2, -0.15) is 17.7 Å². The Morgan fingerprint density at radius 1 is 1.48 bits per heavy atom. The van der Waals surface area contributed by atoms with Crippen LogP contribution in [-0.4, -0.2) is 45.6 Å². The Morgan fingerprint density at radius 3 is 2.62 bits per heavy atom. The summed E-state index contributed by atoms with van der Waals surface area (Å²) in [6.45, 7) is 1.10. The minimum absolute atomic E-state index is 0. The molecule has 0 heterocycles. The molecule has 0 aromatic heterocycles. The number of nitrogens with zero attached hydrogens (tertiary/aromatic N) is 2. The van der Waals surface area contributed by atoms with Crippen LogP contribution in [0.4, 0.5) is 0 Å².